The van der Waals surface area contributed by atoms with Gasteiger partial charge in [0, 0.05) is 35.6 Å². The van der Waals surface area contributed by atoms with Crippen molar-refractivity contribution in [2.24, 2.45) is 5.92 Å². The Hall–Kier alpha value is -0.0900. The molecule has 3 unspecified atom stereocenters. The lowest BCUT2D eigenvalue weighted by Crippen LogP contribution is -2.64. The molecule has 1 aromatic rings. The van der Waals surface area contributed by atoms with Crippen molar-refractivity contribution in [1.82, 2.24) is 10.2 Å². The summed E-state index contributed by atoms with van der Waals surface area (Å²) in [5.74, 6) is 0.654. The first kappa shape index (κ1) is 16.3. The van der Waals surface area contributed by atoms with Gasteiger partial charge in [-0.1, -0.05) is 32.4 Å². The molecule has 4 heteroatoms. The van der Waals surface area contributed by atoms with E-state index < -0.39 is 0 Å². The molecule has 0 aliphatic carbocycles. The zero-order valence-electron chi connectivity index (χ0n) is 13.2. The van der Waals surface area contributed by atoms with Gasteiger partial charge in [-0.15, -0.1) is 11.3 Å². The number of thiophene rings is 1. The quantitative estimate of drug-likeness (QED) is 0.876. The molecule has 0 bridgehead atoms. The van der Waals surface area contributed by atoms with Gasteiger partial charge in [-0.2, -0.15) is 0 Å². The molecule has 1 N–H and O–H groups in total. The Balaban J connectivity index is 2.22. The average molecular weight is 315 g/mol. The highest BCUT2D eigenvalue weighted by Gasteiger charge is 2.38. The van der Waals surface area contributed by atoms with Crippen LogP contribution in [0, 0.1) is 5.92 Å². The molecule has 3 atom stereocenters. The summed E-state index contributed by atoms with van der Waals surface area (Å²) in [4.78, 5) is 4.05. The Morgan fingerprint density at radius 3 is 2.65 bits per heavy atom. The van der Waals surface area contributed by atoms with Gasteiger partial charge in [0.05, 0.1) is 4.34 Å². The monoisotopic (exact) mass is 314 g/mol. The molecule has 2 rings (SSSR count). The number of nitrogens with one attached hydrogen (secondary N) is 1. The van der Waals surface area contributed by atoms with E-state index in [9.17, 15) is 0 Å². The van der Waals surface area contributed by atoms with Crippen LogP contribution in [-0.2, 0) is 0 Å². The lowest BCUT2D eigenvalue weighted by atomic mass is 9.88. The highest BCUT2D eigenvalue weighted by molar-refractivity contribution is 7.16. The van der Waals surface area contributed by atoms with E-state index >= 15 is 0 Å². The van der Waals surface area contributed by atoms with E-state index in [1.165, 1.54) is 4.88 Å². The van der Waals surface area contributed by atoms with Crippen LogP contribution in [-0.4, -0.2) is 29.6 Å². The van der Waals surface area contributed by atoms with Crippen LogP contribution < -0.4 is 5.32 Å². The first-order chi connectivity index (χ1) is 9.36. The van der Waals surface area contributed by atoms with E-state index in [1.807, 2.05) is 6.07 Å². The largest absolute Gasteiger partial charge is 0.309 e. The molecule has 2 heterocycles. The molecule has 0 radical (unpaired) electrons. The molecule has 1 saturated heterocycles. The van der Waals surface area contributed by atoms with Crippen LogP contribution in [0.25, 0.3) is 0 Å². The molecule has 1 aliphatic rings. The van der Waals surface area contributed by atoms with E-state index in [0.717, 1.165) is 23.8 Å². The first-order valence-electron chi connectivity index (χ1n) is 7.62. The van der Waals surface area contributed by atoms with Crippen LogP contribution in [0.1, 0.15) is 52.0 Å². The van der Waals surface area contributed by atoms with Crippen LogP contribution in [0.15, 0.2) is 12.1 Å². The van der Waals surface area contributed by atoms with Crippen LogP contribution >= 0.6 is 22.9 Å². The SMILES string of the molecule is CCC1(C)CN(C(C)c2ccc(Cl)s2)C(C(C)C)CN1. The van der Waals surface area contributed by atoms with Gasteiger partial charge in [-0.25, -0.2) is 0 Å². The number of nitrogens with zero attached hydrogens (tertiary/aromatic N) is 1. The fourth-order valence-corrected chi connectivity index (χ4v) is 4.17. The van der Waals surface area contributed by atoms with Gasteiger partial charge in [0.2, 0.25) is 0 Å². The minimum absolute atomic E-state index is 0.223. The van der Waals surface area contributed by atoms with Gasteiger partial charge < -0.3 is 5.32 Å². The molecule has 20 heavy (non-hydrogen) atoms. The third kappa shape index (κ3) is 3.38. The normalized spacial score (nSPS) is 29.9. The van der Waals surface area contributed by atoms with E-state index in [4.69, 9.17) is 11.6 Å². The summed E-state index contributed by atoms with van der Waals surface area (Å²) in [5.41, 5.74) is 0.223. The van der Waals surface area contributed by atoms with Gasteiger partial charge in [0.25, 0.3) is 0 Å². The average Bonchev–Trinajstić information content (AvgIpc) is 2.84. The molecule has 114 valence electrons. The number of rotatable bonds is 4. The first-order valence-corrected chi connectivity index (χ1v) is 8.82. The molecule has 0 spiro atoms. The summed E-state index contributed by atoms with van der Waals surface area (Å²) >= 11 is 7.83. The fraction of sp³-hybridized carbons (Fsp3) is 0.750. The summed E-state index contributed by atoms with van der Waals surface area (Å²) in [6, 6.07) is 5.22. The number of hydrogen-bond acceptors (Lipinski definition) is 3. The van der Waals surface area contributed by atoms with E-state index in [2.05, 4.69) is 50.9 Å². The zero-order chi connectivity index (χ0) is 14.9. The second-order valence-corrected chi connectivity index (χ2v) is 8.34. The van der Waals surface area contributed by atoms with Crippen LogP contribution in [0.5, 0.6) is 0 Å². The molecule has 1 fully saturated rings. The predicted octanol–water partition coefficient (Wildman–Crippen LogP) is 4.56. The number of hydrogen-bond donors (Lipinski definition) is 1. The second-order valence-electron chi connectivity index (χ2n) is 6.60. The summed E-state index contributed by atoms with van der Waals surface area (Å²) in [6.07, 6.45) is 1.16. The van der Waals surface area contributed by atoms with E-state index in [1.54, 1.807) is 11.3 Å². The lowest BCUT2D eigenvalue weighted by Gasteiger charge is -2.49. The molecular formula is C16H27ClN2S. The Kier molecular flexibility index (Phi) is 5.17. The fourth-order valence-electron chi connectivity index (χ4n) is 3.04. The molecule has 2 nitrogen and oxygen atoms in total. The van der Waals surface area contributed by atoms with Crippen molar-refractivity contribution in [2.45, 2.75) is 58.7 Å². The topological polar surface area (TPSA) is 15.3 Å². The number of halogens is 1. The second kappa shape index (κ2) is 6.35. The summed E-state index contributed by atoms with van der Waals surface area (Å²) in [6.45, 7) is 13.7. The minimum Gasteiger partial charge on any atom is -0.309 e. The van der Waals surface area contributed by atoms with Gasteiger partial charge in [0.1, 0.15) is 0 Å². The Bertz CT molecular complexity index is 445. The Labute approximate surface area is 132 Å². The summed E-state index contributed by atoms with van der Waals surface area (Å²) < 4.78 is 0.890. The minimum atomic E-state index is 0.223. The third-order valence-corrected chi connectivity index (χ3v) is 6.15. The van der Waals surface area contributed by atoms with E-state index in [-0.39, 0.29) is 5.54 Å². The highest BCUT2D eigenvalue weighted by Crippen LogP contribution is 2.35. The zero-order valence-corrected chi connectivity index (χ0v) is 14.8. The lowest BCUT2D eigenvalue weighted by molar-refractivity contribution is 0.0306. The van der Waals surface area contributed by atoms with E-state index in [0.29, 0.717) is 18.0 Å². The molecule has 0 aromatic carbocycles. The van der Waals surface area contributed by atoms with Crippen LogP contribution in [0.4, 0.5) is 0 Å². The maximum Gasteiger partial charge on any atom is 0.0931 e. The van der Waals surface area contributed by atoms with Crippen molar-refractivity contribution in [3.63, 3.8) is 0 Å². The Morgan fingerprint density at radius 2 is 2.15 bits per heavy atom. The van der Waals surface area contributed by atoms with Gasteiger partial charge >= 0.3 is 0 Å². The van der Waals surface area contributed by atoms with Gasteiger partial charge in [-0.3, -0.25) is 4.90 Å². The molecular weight excluding hydrogens is 288 g/mol. The van der Waals surface area contributed by atoms with Crippen LogP contribution in [0.3, 0.4) is 0 Å². The van der Waals surface area contributed by atoms with Crippen molar-refractivity contribution >= 4 is 22.9 Å². The van der Waals surface area contributed by atoms with Gasteiger partial charge in [-0.05, 0) is 38.3 Å². The van der Waals surface area contributed by atoms with Crippen molar-refractivity contribution in [3.8, 4) is 0 Å². The third-order valence-electron chi connectivity index (χ3n) is 4.75. The molecule has 0 saturated carbocycles. The van der Waals surface area contributed by atoms with Crippen molar-refractivity contribution in [3.05, 3.63) is 21.3 Å². The summed E-state index contributed by atoms with van der Waals surface area (Å²) in [5, 5.41) is 3.75. The van der Waals surface area contributed by atoms with Crippen molar-refractivity contribution < 1.29 is 0 Å². The van der Waals surface area contributed by atoms with Crippen molar-refractivity contribution in [2.75, 3.05) is 13.1 Å². The van der Waals surface area contributed by atoms with Crippen LogP contribution in [0.2, 0.25) is 4.34 Å². The predicted molar refractivity (Wildman–Crippen MR) is 89.8 cm³/mol. The highest BCUT2D eigenvalue weighted by atomic mass is 35.5. The molecule has 0 amide bonds. The summed E-state index contributed by atoms with van der Waals surface area (Å²) in [7, 11) is 0. The number of piperazine rings is 1. The van der Waals surface area contributed by atoms with Crippen molar-refractivity contribution in [1.29, 1.82) is 0 Å². The smallest absolute Gasteiger partial charge is 0.0931 e. The standard InChI is InChI=1S/C16H27ClN2S/c1-6-16(5)10-19(13(9-18-16)11(2)3)12(4)14-7-8-15(17)20-14/h7-8,11-13,18H,6,9-10H2,1-5H3. The maximum absolute atomic E-state index is 6.11. The maximum atomic E-state index is 6.11. The Morgan fingerprint density at radius 1 is 1.45 bits per heavy atom. The van der Waals surface area contributed by atoms with Gasteiger partial charge in [0.15, 0.2) is 0 Å². The molecule has 1 aliphatic heterocycles. The molecule has 1 aromatic heterocycles.